The Balaban J connectivity index is 0.000000647. The van der Waals surface area contributed by atoms with Crippen molar-refractivity contribution in [3.63, 3.8) is 0 Å². The van der Waals surface area contributed by atoms with Crippen LogP contribution in [0.1, 0.15) is 486 Å². The molecule has 0 N–H and O–H groups in total. The molecule has 0 radical (unpaired) electrons. The molecule has 1 aliphatic rings. The monoisotopic (exact) mass is 1360 g/mol. The van der Waals surface area contributed by atoms with Gasteiger partial charge in [-0.2, -0.15) is 0 Å². The van der Waals surface area contributed by atoms with Crippen LogP contribution in [0.15, 0.2) is 48.0 Å². The van der Waals surface area contributed by atoms with E-state index in [1.165, 1.54) is 435 Å². The second kappa shape index (κ2) is 69.1. The smallest absolute Gasteiger partial charge is 0.493 e. The SMILES string of the molecule is CCCCCCCCCCCCCCCCCCCCCCC[CH2][Ni][CH2]CCCCCCCCCCCCCCCCCCCCCCC.CCCCCCCCc1cc(CCCC)cc(C2=CC(CCCC)=C(c3cc(CCCC)cc(CCCCCCCC)c3)[N+]2=[N-])c1. The summed E-state index contributed by atoms with van der Waals surface area (Å²) in [6.45, 7) is 16.0. The molecule has 0 saturated heterocycles. The molecule has 3 rings (SSSR count). The van der Waals surface area contributed by atoms with Crippen molar-refractivity contribution in [2.75, 3.05) is 0 Å². The van der Waals surface area contributed by atoms with E-state index in [0.29, 0.717) is 0 Å². The summed E-state index contributed by atoms with van der Waals surface area (Å²) in [6, 6.07) is 14.4. The van der Waals surface area contributed by atoms with Gasteiger partial charge in [0.1, 0.15) is 0 Å². The summed E-state index contributed by atoms with van der Waals surface area (Å²) in [4.78, 5) is 0. The van der Waals surface area contributed by atoms with Gasteiger partial charge in [-0.3, -0.25) is 0 Å². The van der Waals surface area contributed by atoms with Crippen LogP contribution in [0.3, 0.4) is 0 Å². The first-order valence-corrected chi connectivity index (χ1v) is 45.0. The third-order valence-electron chi connectivity index (χ3n) is 21.0. The van der Waals surface area contributed by atoms with E-state index in [9.17, 15) is 5.53 Å². The zero-order chi connectivity index (χ0) is 68.2. The number of hydrogen-bond donors (Lipinski definition) is 0. The molecule has 0 fully saturated rings. The fourth-order valence-electron chi connectivity index (χ4n) is 14.6. The summed E-state index contributed by atoms with van der Waals surface area (Å²) in [5.74, 6) is 0. The van der Waals surface area contributed by atoms with Crippen LogP contribution in [0.25, 0.3) is 16.9 Å². The van der Waals surface area contributed by atoms with E-state index >= 15 is 0 Å². The second-order valence-corrected chi connectivity index (χ2v) is 31.9. The number of aryl methyl sites for hydroxylation is 4. The van der Waals surface area contributed by atoms with Crippen molar-refractivity contribution in [1.29, 1.82) is 0 Å². The third kappa shape index (κ3) is 51.8. The van der Waals surface area contributed by atoms with Crippen molar-refractivity contribution >= 4 is 11.4 Å². The van der Waals surface area contributed by atoms with Crippen LogP contribution in [-0.2, 0) is 40.1 Å². The van der Waals surface area contributed by atoms with Crippen LogP contribution in [0.5, 0.6) is 0 Å². The summed E-state index contributed by atoms with van der Waals surface area (Å²) >= 11 is 2.05. The molecule has 2 aromatic carbocycles. The Morgan fingerprint density at radius 1 is 0.232 bits per heavy atom. The zero-order valence-electron chi connectivity index (χ0n) is 65.5. The first kappa shape index (κ1) is 89.1. The van der Waals surface area contributed by atoms with Crippen LogP contribution < -0.4 is 0 Å². The predicted molar refractivity (Wildman–Crippen MR) is 426 cm³/mol. The summed E-state index contributed by atoms with van der Waals surface area (Å²) in [6.07, 6.45) is 95.9. The van der Waals surface area contributed by atoms with Gasteiger partial charge in [0.15, 0.2) is 0 Å². The Morgan fingerprint density at radius 2 is 0.442 bits per heavy atom. The molecule has 95 heavy (non-hydrogen) atoms. The van der Waals surface area contributed by atoms with E-state index in [-0.39, 0.29) is 0 Å². The molecule has 554 valence electrons. The fourth-order valence-corrected chi connectivity index (χ4v) is 15.8. The van der Waals surface area contributed by atoms with Crippen molar-refractivity contribution in [3.05, 3.63) is 87.0 Å². The van der Waals surface area contributed by atoms with E-state index in [1.807, 2.05) is 0 Å². The molecule has 0 saturated carbocycles. The number of benzene rings is 2. The average Bonchev–Trinajstić information content (AvgIpc) is 1.65. The van der Waals surface area contributed by atoms with Crippen LogP contribution in [0.2, 0.25) is 10.8 Å². The normalized spacial score (nSPS) is 12.5. The van der Waals surface area contributed by atoms with Crippen molar-refractivity contribution < 1.29 is 19.1 Å². The van der Waals surface area contributed by atoms with Gasteiger partial charge in [0.25, 0.3) is 0 Å². The van der Waals surface area contributed by atoms with Crippen molar-refractivity contribution in [2.45, 2.75) is 489 Å². The standard InChI is InChI=1S/C44H68N2.2C24H49.Ni/c1-6-11-16-18-20-22-26-38-29-36(24-13-8-3)31-41(32-38)43-35-40(28-15-10-5)44(46(43)45)42-33-37(25-14-9-4)30-39(34-42)27-23-21-19-17-12-7-2;2*1-3-5-7-9-11-13-15-17-19-21-23-24-22-20-18-16-14-12-10-8-6-4-2;/h29-35H,6-28H2,1-5H3;2*1,3-24H2,2H3;. The van der Waals surface area contributed by atoms with Crippen LogP contribution >= 0.6 is 0 Å². The minimum absolute atomic E-state index is 0.958. The quantitative estimate of drug-likeness (QED) is 0.0358. The molecule has 0 unspecified atom stereocenters. The molecule has 0 aliphatic carbocycles. The molecule has 0 bridgehead atoms. The number of rotatable bonds is 71. The molecular weight excluding hydrogens is 1190 g/mol. The minimum Gasteiger partial charge on any atom is -0.493 e. The van der Waals surface area contributed by atoms with Crippen LogP contribution in [-0.4, -0.2) is 4.70 Å². The second-order valence-electron chi connectivity index (χ2n) is 30.5. The molecule has 0 spiro atoms. The van der Waals surface area contributed by atoms with Gasteiger partial charge < -0.3 is 5.53 Å². The molecule has 0 amide bonds. The first-order chi connectivity index (χ1) is 47.0. The van der Waals surface area contributed by atoms with Crippen LogP contribution in [0.4, 0.5) is 0 Å². The van der Waals surface area contributed by atoms with E-state index in [1.54, 1.807) is 4.70 Å². The third-order valence-corrected chi connectivity index (χ3v) is 22.4. The molecule has 0 aromatic heterocycles. The summed E-state index contributed by atoms with van der Waals surface area (Å²) in [5, 5.41) is 2.87. The molecule has 1 heterocycles. The van der Waals surface area contributed by atoms with Gasteiger partial charge in [0.2, 0.25) is 11.4 Å². The summed E-state index contributed by atoms with van der Waals surface area (Å²) in [7, 11) is 0. The van der Waals surface area contributed by atoms with Crippen molar-refractivity contribution in [1.82, 2.24) is 0 Å². The number of nitrogens with zero attached hydrogens (tertiary/aromatic N) is 2. The fraction of sp³-hybridized carbons (Fsp3) is 0.826. The van der Waals surface area contributed by atoms with Gasteiger partial charge in [-0.25, -0.2) is 4.70 Å². The number of hydrogen-bond acceptors (Lipinski definition) is 0. The number of allylic oxidation sites excluding steroid dienone is 2. The molecule has 2 nitrogen and oxygen atoms in total. The Kier molecular flexibility index (Phi) is 64.8. The molecular formula is C92H166N2Ni. The Hall–Kier alpha value is -1.99. The maximum atomic E-state index is 12.0. The predicted octanol–water partition coefficient (Wildman–Crippen LogP) is 33.3. The molecule has 3 heteroatoms. The van der Waals surface area contributed by atoms with Crippen molar-refractivity contribution in [2.24, 2.45) is 0 Å². The van der Waals surface area contributed by atoms with Gasteiger partial charge in [-0.05, 0) is 111 Å². The van der Waals surface area contributed by atoms with Gasteiger partial charge >= 0.3 is 166 Å². The molecule has 2 aromatic rings. The minimum atomic E-state index is 0.958. The topological polar surface area (TPSA) is 25.3 Å². The van der Waals surface area contributed by atoms with Gasteiger partial charge in [0, 0.05) is 22.8 Å². The van der Waals surface area contributed by atoms with Gasteiger partial charge in [0.05, 0.1) is 0 Å². The summed E-state index contributed by atoms with van der Waals surface area (Å²) in [5.41, 5.74) is 23.4. The van der Waals surface area contributed by atoms with Crippen molar-refractivity contribution in [3.8, 4) is 0 Å². The number of unbranched alkanes of at least 4 members (excludes halogenated alkanes) is 55. The Bertz CT molecular complexity index is 2000. The average molecular weight is 1360 g/mol. The van der Waals surface area contributed by atoms with E-state index in [0.717, 1.165) is 56.3 Å². The zero-order valence-corrected chi connectivity index (χ0v) is 66.5. The Morgan fingerprint density at radius 3 is 0.705 bits per heavy atom. The van der Waals surface area contributed by atoms with Gasteiger partial charge in [-0.1, -0.05) is 285 Å². The maximum absolute atomic E-state index is 12.0. The van der Waals surface area contributed by atoms with Crippen LogP contribution in [0, 0.1) is 0 Å². The summed E-state index contributed by atoms with van der Waals surface area (Å²) < 4.78 is 1.56. The van der Waals surface area contributed by atoms with E-state index in [2.05, 4.69) is 105 Å². The first-order valence-electron chi connectivity index (χ1n) is 43.6. The Labute approximate surface area is 603 Å². The molecule has 1 aliphatic heterocycles. The van der Waals surface area contributed by atoms with E-state index < -0.39 is 0 Å². The van der Waals surface area contributed by atoms with E-state index in [4.69, 9.17) is 0 Å². The molecule has 0 atom stereocenters. The van der Waals surface area contributed by atoms with Gasteiger partial charge in [-0.15, -0.1) is 0 Å².